The van der Waals surface area contributed by atoms with Gasteiger partial charge in [0.15, 0.2) is 5.17 Å². The van der Waals surface area contributed by atoms with Gasteiger partial charge in [-0.05, 0) is 48.9 Å². The van der Waals surface area contributed by atoms with Crippen molar-refractivity contribution in [3.8, 4) is 5.75 Å². The Bertz CT molecular complexity index is 818. The molecular formula is C19H23N2OPS2. The quantitative estimate of drug-likeness (QED) is 0.621. The highest BCUT2D eigenvalue weighted by atomic mass is 32.4. The van der Waals surface area contributed by atoms with Gasteiger partial charge in [0.1, 0.15) is 5.75 Å². The van der Waals surface area contributed by atoms with Crippen LogP contribution in [0, 0.1) is 13.8 Å². The zero-order valence-corrected chi connectivity index (χ0v) is 17.5. The third-order valence-electron chi connectivity index (χ3n) is 4.06. The van der Waals surface area contributed by atoms with E-state index in [-0.39, 0.29) is 0 Å². The van der Waals surface area contributed by atoms with Gasteiger partial charge in [0.05, 0.1) is 5.69 Å². The summed E-state index contributed by atoms with van der Waals surface area (Å²) < 4.78 is 8.43. The lowest BCUT2D eigenvalue weighted by Crippen LogP contribution is -2.24. The maximum absolute atomic E-state index is 6.22. The minimum atomic E-state index is -2.21. The molecule has 1 aliphatic rings. The number of thioether (sulfide) groups is 1. The molecule has 3 nitrogen and oxygen atoms in total. The average molecular weight is 391 g/mol. The molecule has 25 heavy (non-hydrogen) atoms. The summed E-state index contributed by atoms with van der Waals surface area (Å²) in [6.45, 7) is 9.32. The van der Waals surface area contributed by atoms with Crippen LogP contribution in [0.4, 0.5) is 5.69 Å². The van der Waals surface area contributed by atoms with Crippen molar-refractivity contribution in [1.29, 1.82) is 0 Å². The van der Waals surface area contributed by atoms with E-state index in [1.807, 2.05) is 37.0 Å². The molecule has 0 bridgehead atoms. The Morgan fingerprint density at radius 2 is 1.76 bits per heavy atom. The van der Waals surface area contributed by atoms with Gasteiger partial charge in [0, 0.05) is 18.5 Å². The summed E-state index contributed by atoms with van der Waals surface area (Å²) in [5.74, 6) is 0.823. The average Bonchev–Trinajstić information content (AvgIpc) is 2.93. The van der Waals surface area contributed by atoms with E-state index in [9.17, 15) is 0 Å². The molecule has 6 heteroatoms. The van der Waals surface area contributed by atoms with Crippen molar-refractivity contribution >= 4 is 40.8 Å². The van der Waals surface area contributed by atoms with Crippen LogP contribution in [-0.2, 0) is 11.8 Å². The van der Waals surface area contributed by atoms with Gasteiger partial charge in [-0.15, -0.1) is 0 Å². The van der Waals surface area contributed by atoms with E-state index in [0.717, 1.165) is 23.1 Å². The first-order valence-electron chi connectivity index (χ1n) is 8.28. The van der Waals surface area contributed by atoms with Crippen LogP contribution < -0.4 is 4.52 Å². The fourth-order valence-electron chi connectivity index (χ4n) is 2.79. The molecule has 3 rings (SSSR count). The predicted molar refractivity (Wildman–Crippen MR) is 114 cm³/mol. The molecule has 1 heterocycles. The van der Waals surface area contributed by atoms with Crippen LogP contribution in [0.2, 0.25) is 0 Å². The topological polar surface area (TPSA) is 24.8 Å². The lowest BCUT2D eigenvalue weighted by atomic mass is 10.1. The second kappa shape index (κ2) is 7.53. The number of rotatable bonds is 4. The maximum atomic E-state index is 6.22. The fourth-order valence-corrected chi connectivity index (χ4v) is 6.79. The van der Waals surface area contributed by atoms with Crippen molar-refractivity contribution in [2.24, 2.45) is 4.99 Å². The van der Waals surface area contributed by atoms with Crippen LogP contribution in [0.15, 0.2) is 53.5 Å². The number of hydrogen-bond donors (Lipinski definition) is 0. The summed E-state index contributed by atoms with van der Waals surface area (Å²) in [4.78, 5) is 4.98. The molecule has 2 aromatic carbocycles. The number of nitrogens with zero attached hydrogens (tertiary/aromatic N) is 2. The van der Waals surface area contributed by atoms with Crippen LogP contribution in [-0.4, -0.2) is 28.3 Å². The third kappa shape index (κ3) is 4.28. The number of para-hydroxylation sites is 2. The summed E-state index contributed by atoms with van der Waals surface area (Å²) >= 11 is 7.70. The Morgan fingerprint density at radius 1 is 1.12 bits per heavy atom. The lowest BCUT2D eigenvalue weighted by molar-refractivity contribution is 0.542. The van der Waals surface area contributed by atoms with Gasteiger partial charge < -0.3 is 4.52 Å². The van der Waals surface area contributed by atoms with Crippen molar-refractivity contribution < 1.29 is 4.52 Å². The van der Waals surface area contributed by atoms with Crippen LogP contribution in [0.3, 0.4) is 0 Å². The first-order valence-corrected chi connectivity index (χ1v) is 12.3. The monoisotopic (exact) mass is 390 g/mol. The van der Waals surface area contributed by atoms with Crippen molar-refractivity contribution in [2.75, 3.05) is 13.2 Å². The molecule has 0 saturated carbocycles. The molecular weight excluding hydrogens is 367 g/mol. The van der Waals surface area contributed by atoms with E-state index in [2.05, 4.69) is 43.6 Å². The predicted octanol–water partition coefficient (Wildman–Crippen LogP) is 5.75. The highest BCUT2D eigenvalue weighted by Gasteiger charge is 2.35. The molecule has 0 spiro atoms. The molecule has 1 fully saturated rings. The normalized spacial score (nSPS) is 21.4. The number of benzene rings is 2. The van der Waals surface area contributed by atoms with Crippen LogP contribution >= 0.6 is 18.2 Å². The summed E-state index contributed by atoms with van der Waals surface area (Å²) in [6.07, 6.45) is -2.21. The van der Waals surface area contributed by atoms with Crippen LogP contribution in [0.5, 0.6) is 5.75 Å². The summed E-state index contributed by atoms with van der Waals surface area (Å²) in [6, 6.07) is 16.1. The Morgan fingerprint density at radius 3 is 2.40 bits per heavy atom. The highest BCUT2D eigenvalue weighted by molar-refractivity contribution is 8.17. The minimum Gasteiger partial charge on any atom is -0.449 e. The van der Waals surface area contributed by atoms with Gasteiger partial charge in [-0.2, -0.15) is 0 Å². The largest absolute Gasteiger partial charge is 0.449 e. The molecule has 0 amide bonds. The lowest BCUT2D eigenvalue weighted by Gasteiger charge is -2.30. The molecule has 2 aromatic rings. The van der Waals surface area contributed by atoms with Crippen molar-refractivity contribution in [2.45, 2.75) is 26.0 Å². The van der Waals surface area contributed by atoms with Crippen molar-refractivity contribution in [3.63, 3.8) is 0 Å². The summed E-state index contributed by atoms with van der Waals surface area (Å²) in [5.41, 5.74) is 3.40. The van der Waals surface area contributed by atoms with E-state index in [1.165, 1.54) is 11.1 Å². The second-order valence-corrected chi connectivity index (χ2v) is 12.1. The smallest absolute Gasteiger partial charge is 0.203 e. The summed E-state index contributed by atoms with van der Waals surface area (Å²) in [5, 5.41) is 1.43. The van der Waals surface area contributed by atoms with Crippen LogP contribution in [0.25, 0.3) is 0 Å². The number of hydrogen-bond acceptors (Lipinski definition) is 4. The highest BCUT2D eigenvalue weighted by Crippen LogP contribution is 2.52. The molecule has 0 N–H and O–H groups in total. The third-order valence-corrected chi connectivity index (χ3v) is 7.86. The first-order chi connectivity index (χ1) is 11.9. The molecule has 0 aliphatic carbocycles. The zero-order chi connectivity index (χ0) is 18.0. The van der Waals surface area contributed by atoms with Gasteiger partial charge in [-0.3, -0.25) is 4.67 Å². The Labute approximate surface area is 159 Å². The van der Waals surface area contributed by atoms with E-state index in [1.54, 1.807) is 11.8 Å². The van der Waals surface area contributed by atoms with E-state index in [0.29, 0.717) is 5.25 Å². The SMILES string of the molecule is Cc1cccc(C)c1N=C1S[C@@H](C)CN1[P@](C)(=S)Oc1ccccc1. The fraction of sp³-hybridized carbons (Fsp3) is 0.316. The minimum absolute atomic E-state index is 0.449. The molecule has 0 unspecified atom stereocenters. The molecule has 132 valence electrons. The van der Waals surface area contributed by atoms with Gasteiger partial charge in [0.2, 0.25) is 6.42 Å². The first kappa shape index (κ1) is 18.5. The molecule has 1 aliphatic heterocycles. The standard InChI is InChI=1S/C19H23N2OPS2/c1-14-9-8-10-15(2)18(14)20-19-21(13-16(3)25-19)23(4,24)22-17-11-6-5-7-12-17/h5-12,16H,13H2,1-4H3/t16-,23-/m0/s1. The summed E-state index contributed by atoms with van der Waals surface area (Å²) in [7, 11) is 0. The van der Waals surface area contributed by atoms with Crippen molar-refractivity contribution in [1.82, 2.24) is 4.67 Å². The molecule has 0 aromatic heterocycles. The molecule has 1 saturated heterocycles. The number of amidine groups is 1. The van der Waals surface area contributed by atoms with E-state index >= 15 is 0 Å². The maximum Gasteiger partial charge on any atom is 0.203 e. The number of aryl methyl sites for hydroxylation is 2. The van der Waals surface area contributed by atoms with E-state index < -0.39 is 6.42 Å². The van der Waals surface area contributed by atoms with Crippen molar-refractivity contribution in [3.05, 3.63) is 59.7 Å². The van der Waals surface area contributed by atoms with Gasteiger partial charge in [-0.1, -0.05) is 55.1 Å². The van der Waals surface area contributed by atoms with Gasteiger partial charge >= 0.3 is 0 Å². The van der Waals surface area contributed by atoms with E-state index in [4.69, 9.17) is 21.3 Å². The van der Waals surface area contributed by atoms with Gasteiger partial charge in [-0.25, -0.2) is 4.99 Å². The zero-order valence-electron chi connectivity index (χ0n) is 15.0. The molecule has 2 atom stereocenters. The van der Waals surface area contributed by atoms with Crippen LogP contribution in [0.1, 0.15) is 18.1 Å². The Hall–Kier alpha value is -1.29. The Balaban J connectivity index is 1.94. The number of aliphatic imine (C=N–C) groups is 1. The molecule has 0 radical (unpaired) electrons. The Kier molecular flexibility index (Phi) is 5.57. The second-order valence-electron chi connectivity index (χ2n) is 6.35. The van der Waals surface area contributed by atoms with Gasteiger partial charge in [0.25, 0.3) is 0 Å².